The number of nitrogens with zero attached hydrogens (tertiary/aromatic N) is 2. The van der Waals surface area contributed by atoms with Crippen molar-refractivity contribution >= 4 is 44.3 Å². The maximum atomic E-state index is 12.3. The topological polar surface area (TPSA) is 56.0 Å². The zero-order chi connectivity index (χ0) is 10.9. The Labute approximate surface area is 99.1 Å². The Morgan fingerprint density at radius 2 is 2.21 bits per heavy atom. The Balaban J connectivity index is 3.33. The molecule has 0 aliphatic rings. The van der Waals surface area contributed by atoms with Crippen LogP contribution in [0.2, 0.25) is 0 Å². The van der Waals surface area contributed by atoms with Crippen molar-refractivity contribution in [2.75, 3.05) is 0 Å². The summed E-state index contributed by atoms with van der Waals surface area (Å²) in [6.45, 7) is 0. The van der Waals surface area contributed by atoms with Crippen LogP contribution in [-0.4, -0.2) is 9.91 Å². The Hall–Kier alpha value is -0.380. The third kappa shape index (κ3) is 2.16. The first-order valence-electron chi connectivity index (χ1n) is 3.21. The highest BCUT2D eigenvalue weighted by atomic mass is 127. The fraction of sp³-hybridized carbons (Fsp3) is 0.167. The molecule has 0 aromatic carbocycles. The molecule has 76 valence electrons. The van der Waals surface area contributed by atoms with Crippen molar-refractivity contribution in [3.63, 3.8) is 0 Å². The molecule has 0 aliphatic carbocycles. The van der Waals surface area contributed by atoms with Crippen LogP contribution in [0.1, 0.15) is 12.0 Å². The van der Waals surface area contributed by atoms with Gasteiger partial charge in [0.05, 0.1) is 5.56 Å². The molecule has 0 aliphatic heterocycles. The third-order valence-electron chi connectivity index (χ3n) is 1.38. The minimum absolute atomic E-state index is 0.0131. The molecule has 0 atom stereocenters. The first-order chi connectivity index (χ1) is 6.45. The van der Waals surface area contributed by atoms with Gasteiger partial charge < -0.3 is 10.1 Å². The summed E-state index contributed by atoms with van der Waals surface area (Å²) in [6, 6.07) is 0. The molecule has 0 fully saturated rings. The molecule has 14 heavy (non-hydrogen) atoms. The number of alkyl halides is 2. The van der Waals surface area contributed by atoms with Crippen molar-refractivity contribution in [3.8, 4) is 0 Å². The summed E-state index contributed by atoms with van der Waals surface area (Å²) in [6.07, 6.45) is -1.87. The van der Waals surface area contributed by atoms with Crippen LogP contribution >= 0.6 is 38.5 Å². The van der Waals surface area contributed by atoms with Gasteiger partial charge in [-0.15, -0.1) is 0 Å². The van der Waals surface area contributed by atoms with Crippen LogP contribution in [0.3, 0.4) is 0 Å². The lowest BCUT2D eigenvalue weighted by atomic mass is 10.3. The Morgan fingerprint density at radius 1 is 1.64 bits per heavy atom. The van der Waals surface area contributed by atoms with Crippen LogP contribution in [0.4, 0.5) is 14.6 Å². The van der Waals surface area contributed by atoms with Crippen molar-refractivity contribution in [1.29, 1.82) is 0 Å². The van der Waals surface area contributed by atoms with E-state index in [4.69, 9.17) is 0 Å². The predicted octanol–water partition coefficient (Wildman–Crippen LogP) is 3.29. The smallest absolute Gasteiger partial charge is 0.358 e. The van der Waals surface area contributed by atoms with Gasteiger partial charge in [0.1, 0.15) is 10.7 Å². The third-order valence-corrected chi connectivity index (χ3v) is 4.03. The van der Waals surface area contributed by atoms with E-state index in [2.05, 4.69) is 20.9 Å². The quantitative estimate of drug-likeness (QED) is 0.450. The molecule has 8 heteroatoms. The fourth-order valence-corrected chi connectivity index (χ4v) is 1.84. The van der Waals surface area contributed by atoms with E-state index in [0.29, 0.717) is 0 Å². The van der Waals surface area contributed by atoms with E-state index >= 15 is 0 Å². The lowest BCUT2D eigenvalue weighted by molar-refractivity contribution is -0.390. The second-order valence-electron chi connectivity index (χ2n) is 2.22. The molecular weight excluding hydrogens is 377 g/mol. The number of halogens is 4. The molecule has 0 unspecified atom stereocenters. The number of hydrogen-bond donors (Lipinski definition) is 0. The molecule has 0 amide bonds. The highest BCUT2D eigenvalue weighted by molar-refractivity contribution is 14.1. The van der Waals surface area contributed by atoms with E-state index in [1.807, 2.05) is 0 Å². The second kappa shape index (κ2) is 4.43. The maximum absolute atomic E-state index is 12.3. The summed E-state index contributed by atoms with van der Waals surface area (Å²) in [4.78, 5) is 13.0. The summed E-state index contributed by atoms with van der Waals surface area (Å²) < 4.78 is 24.7. The molecule has 0 spiro atoms. The molecule has 0 N–H and O–H groups in total. The zero-order valence-corrected chi connectivity index (χ0v) is 10.1. The predicted molar refractivity (Wildman–Crippen MR) is 56.3 cm³/mol. The molecule has 1 aromatic rings. The average Bonchev–Trinajstić information content (AvgIpc) is 2.08. The van der Waals surface area contributed by atoms with E-state index < -0.39 is 17.2 Å². The SMILES string of the molecule is O=[N+]([O-])c1ncc(C(F)F)c(I)c1Br. The summed E-state index contributed by atoms with van der Waals surface area (Å²) in [5, 5.41) is 10.4. The molecule has 1 aromatic heterocycles. The summed E-state index contributed by atoms with van der Waals surface area (Å²) in [5.74, 6) is -0.459. The van der Waals surface area contributed by atoms with Crippen molar-refractivity contribution in [2.45, 2.75) is 6.43 Å². The van der Waals surface area contributed by atoms with Crippen molar-refractivity contribution < 1.29 is 13.7 Å². The zero-order valence-electron chi connectivity index (χ0n) is 6.38. The van der Waals surface area contributed by atoms with E-state index in [1.165, 1.54) is 0 Å². The van der Waals surface area contributed by atoms with Crippen LogP contribution in [-0.2, 0) is 0 Å². The first-order valence-corrected chi connectivity index (χ1v) is 5.08. The van der Waals surface area contributed by atoms with Gasteiger partial charge in [0, 0.05) is 3.57 Å². The highest BCUT2D eigenvalue weighted by Crippen LogP contribution is 2.33. The standard InChI is InChI=1S/C6H2BrF2IN2O2/c7-3-4(10)2(5(8)9)1-11-6(3)12(13)14/h1,5H. The molecule has 0 saturated carbocycles. The Morgan fingerprint density at radius 3 is 2.64 bits per heavy atom. The van der Waals surface area contributed by atoms with Crippen molar-refractivity contribution in [3.05, 3.63) is 29.9 Å². The molecule has 0 bridgehead atoms. The average molecular weight is 379 g/mol. The largest absolute Gasteiger partial charge is 0.378 e. The fourth-order valence-electron chi connectivity index (χ4n) is 0.748. The van der Waals surface area contributed by atoms with Gasteiger partial charge in [-0.05, 0) is 48.4 Å². The monoisotopic (exact) mass is 378 g/mol. The van der Waals surface area contributed by atoms with Crippen LogP contribution in [0.25, 0.3) is 0 Å². The first kappa shape index (κ1) is 11.7. The van der Waals surface area contributed by atoms with Gasteiger partial charge in [-0.1, -0.05) is 0 Å². The van der Waals surface area contributed by atoms with Crippen LogP contribution in [0, 0.1) is 13.7 Å². The van der Waals surface area contributed by atoms with E-state index in [1.54, 1.807) is 22.6 Å². The molecular formula is C6H2BrF2IN2O2. The molecule has 1 heterocycles. The van der Waals surface area contributed by atoms with Gasteiger partial charge >= 0.3 is 5.82 Å². The normalized spacial score (nSPS) is 10.6. The Bertz CT molecular complexity index is 388. The second-order valence-corrected chi connectivity index (χ2v) is 4.09. The summed E-state index contributed by atoms with van der Waals surface area (Å²) >= 11 is 4.46. The van der Waals surface area contributed by atoms with E-state index in [9.17, 15) is 18.9 Å². The van der Waals surface area contributed by atoms with Crippen molar-refractivity contribution in [2.24, 2.45) is 0 Å². The van der Waals surface area contributed by atoms with Crippen LogP contribution in [0.15, 0.2) is 10.7 Å². The number of nitro groups is 1. The van der Waals surface area contributed by atoms with Gasteiger partial charge in [0.2, 0.25) is 0 Å². The molecule has 1 rings (SSSR count). The van der Waals surface area contributed by atoms with Crippen LogP contribution < -0.4 is 0 Å². The van der Waals surface area contributed by atoms with Gasteiger partial charge in [-0.3, -0.25) is 0 Å². The molecule has 4 nitrogen and oxygen atoms in total. The van der Waals surface area contributed by atoms with Gasteiger partial charge in [0.25, 0.3) is 6.43 Å². The lowest BCUT2D eigenvalue weighted by Gasteiger charge is -2.03. The van der Waals surface area contributed by atoms with Crippen molar-refractivity contribution in [1.82, 2.24) is 4.98 Å². The minimum atomic E-state index is -2.69. The number of hydrogen-bond acceptors (Lipinski definition) is 3. The lowest BCUT2D eigenvalue weighted by Crippen LogP contribution is -1.99. The van der Waals surface area contributed by atoms with Gasteiger partial charge in [-0.25, -0.2) is 8.78 Å². The Kier molecular flexibility index (Phi) is 3.70. The van der Waals surface area contributed by atoms with Crippen LogP contribution in [0.5, 0.6) is 0 Å². The minimum Gasteiger partial charge on any atom is -0.358 e. The maximum Gasteiger partial charge on any atom is 0.378 e. The number of rotatable bonds is 2. The number of aromatic nitrogens is 1. The molecule has 0 saturated heterocycles. The van der Waals surface area contributed by atoms with E-state index in [-0.39, 0.29) is 13.6 Å². The summed E-state index contributed by atoms with van der Waals surface area (Å²) in [5.41, 5.74) is -0.317. The number of pyridine rings is 1. The van der Waals surface area contributed by atoms with E-state index in [0.717, 1.165) is 6.20 Å². The summed E-state index contributed by atoms with van der Waals surface area (Å²) in [7, 11) is 0. The highest BCUT2D eigenvalue weighted by Gasteiger charge is 2.23. The van der Waals surface area contributed by atoms with Gasteiger partial charge in [-0.2, -0.15) is 0 Å². The van der Waals surface area contributed by atoms with Gasteiger partial charge in [0.15, 0.2) is 0 Å². The molecule has 0 radical (unpaired) electrons.